The van der Waals surface area contributed by atoms with Gasteiger partial charge in [-0.15, -0.1) is 0 Å². The summed E-state index contributed by atoms with van der Waals surface area (Å²) in [6.07, 6.45) is -0.0979. The lowest BCUT2D eigenvalue weighted by Gasteiger charge is -2.40. The van der Waals surface area contributed by atoms with Gasteiger partial charge in [-0.3, -0.25) is 0 Å². The molecule has 0 spiro atoms. The molecule has 0 saturated heterocycles. The molecule has 0 aliphatic heterocycles. The van der Waals surface area contributed by atoms with Gasteiger partial charge in [0.25, 0.3) is 0 Å². The molecular weight excluding hydrogens is 241 g/mol. The van der Waals surface area contributed by atoms with Crippen molar-refractivity contribution in [2.24, 2.45) is 0 Å². The Kier molecular flexibility index (Phi) is 4.53. The summed E-state index contributed by atoms with van der Waals surface area (Å²) in [6.45, 7) is 3.91. The predicted molar refractivity (Wildman–Crippen MR) is 68.8 cm³/mol. The Morgan fingerprint density at radius 1 is 1.47 bits per heavy atom. The fourth-order valence-corrected chi connectivity index (χ4v) is 2.03. The molecule has 0 aliphatic rings. The molecular formula is C13H19ClFNO. The van der Waals surface area contributed by atoms with Crippen LogP contribution in [0.3, 0.4) is 0 Å². The molecule has 0 heterocycles. The fourth-order valence-electron chi connectivity index (χ4n) is 1.81. The van der Waals surface area contributed by atoms with E-state index in [0.717, 1.165) is 6.42 Å². The van der Waals surface area contributed by atoms with Crippen LogP contribution in [0.25, 0.3) is 0 Å². The van der Waals surface area contributed by atoms with E-state index in [4.69, 9.17) is 11.6 Å². The smallest absolute Gasteiger partial charge is 0.123 e. The van der Waals surface area contributed by atoms with Gasteiger partial charge in [0.1, 0.15) is 5.82 Å². The molecule has 2 atom stereocenters. The van der Waals surface area contributed by atoms with Crippen LogP contribution < -0.4 is 0 Å². The normalized spacial score (nSPS) is 16.9. The summed E-state index contributed by atoms with van der Waals surface area (Å²) in [5.41, 5.74) is -0.0398. The summed E-state index contributed by atoms with van der Waals surface area (Å²) >= 11 is 6.01. The summed E-state index contributed by atoms with van der Waals surface area (Å²) in [5.74, 6) is -0.388. The minimum Gasteiger partial charge on any atom is -0.386 e. The quantitative estimate of drug-likeness (QED) is 0.897. The molecule has 0 bridgehead atoms. The molecule has 2 unspecified atom stereocenters. The van der Waals surface area contributed by atoms with Gasteiger partial charge in [0, 0.05) is 16.1 Å². The van der Waals surface area contributed by atoms with Crippen molar-refractivity contribution < 1.29 is 9.50 Å². The van der Waals surface area contributed by atoms with Gasteiger partial charge in [-0.2, -0.15) is 0 Å². The minimum atomic E-state index is -0.828. The predicted octanol–water partition coefficient (Wildman–Crippen LogP) is 3.24. The van der Waals surface area contributed by atoms with Crippen LogP contribution in [0.15, 0.2) is 18.2 Å². The zero-order valence-corrected chi connectivity index (χ0v) is 11.4. The van der Waals surface area contributed by atoms with Crippen LogP contribution >= 0.6 is 11.6 Å². The average molecular weight is 260 g/mol. The molecule has 1 aromatic carbocycles. The van der Waals surface area contributed by atoms with Crippen LogP contribution in [0.5, 0.6) is 0 Å². The van der Waals surface area contributed by atoms with Crippen LogP contribution in [-0.2, 0) is 0 Å². The number of benzene rings is 1. The van der Waals surface area contributed by atoms with E-state index in [0.29, 0.717) is 10.6 Å². The van der Waals surface area contributed by atoms with E-state index in [1.54, 1.807) is 0 Å². The molecule has 1 N–H and O–H groups in total. The number of nitrogens with zero attached hydrogens (tertiary/aromatic N) is 1. The highest BCUT2D eigenvalue weighted by molar-refractivity contribution is 6.31. The number of aliphatic hydroxyl groups is 1. The second-order valence-electron chi connectivity index (χ2n) is 4.67. The van der Waals surface area contributed by atoms with Crippen molar-refractivity contribution in [3.8, 4) is 0 Å². The van der Waals surface area contributed by atoms with E-state index in [9.17, 15) is 9.50 Å². The van der Waals surface area contributed by atoms with E-state index in [-0.39, 0.29) is 5.82 Å². The molecule has 0 radical (unpaired) electrons. The molecule has 0 amide bonds. The summed E-state index contributed by atoms with van der Waals surface area (Å²) < 4.78 is 13.2. The highest BCUT2D eigenvalue weighted by Gasteiger charge is 2.35. The number of likely N-dealkylation sites (N-methyl/N-ethyl adjacent to an activating group) is 1. The van der Waals surface area contributed by atoms with Crippen molar-refractivity contribution in [3.05, 3.63) is 34.6 Å². The minimum absolute atomic E-state index is 0.388. The van der Waals surface area contributed by atoms with Crippen molar-refractivity contribution >= 4 is 11.6 Å². The molecule has 1 rings (SSSR count). The van der Waals surface area contributed by atoms with Gasteiger partial charge in [0.2, 0.25) is 0 Å². The lowest BCUT2D eigenvalue weighted by Crippen LogP contribution is -2.46. The van der Waals surface area contributed by atoms with Crippen LogP contribution in [0, 0.1) is 5.82 Å². The highest BCUT2D eigenvalue weighted by atomic mass is 35.5. The summed E-state index contributed by atoms with van der Waals surface area (Å²) in [6, 6.07) is 4.06. The lowest BCUT2D eigenvalue weighted by atomic mass is 9.86. The molecule has 96 valence electrons. The van der Waals surface area contributed by atoms with Gasteiger partial charge in [-0.05, 0) is 45.6 Å². The molecule has 1 aromatic rings. The molecule has 17 heavy (non-hydrogen) atoms. The monoisotopic (exact) mass is 259 g/mol. The number of rotatable bonds is 4. The third kappa shape index (κ3) is 2.79. The topological polar surface area (TPSA) is 23.5 Å². The van der Waals surface area contributed by atoms with Crippen LogP contribution in [0.1, 0.15) is 31.9 Å². The van der Waals surface area contributed by atoms with E-state index < -0.39 is 11.6 Å². The third-order valence-electron chi connectivity index (χ3n) is 3.58. The van der Waals surface area contributed by atoms with Crippen molar-refractivity contribution in [2.45, 2.75) is 31.9 Å². The number of aliphatic hydroxyl groups excluding tert-OH is 1. The van der Waals surface area contributed by atoms with Crippen LogP contribution in [0.2, 0.25) is 5.02 Å². The van der Waals surface area contributed by atoms with E-state index in [1.165, 1.54) is 18.2 Å². The van der Waals surface area contributed by atoms with Gasteiger partial charge in [0.05, 0.1) is 6.10 Å². The zero-order valence-electron chi connectivity index (χ0n) is 10.7. The first-order valence-electron chi connectivity index (χ1n) is 5.63. The Hall–Kier alpha value is -0.640. The van der Waals surface area contributed by atoms with Crippen molar-refractivity contribution in [1.29, 1.82) is 0 Å². The lowest BCUT2D eigenvalue weighted by molar-refractivity contribution is 0.000769. The summed E-state index contributed by atoms with van der Waals surface area (Å²) in [4.78, 5) is 1.93. The van der Waals surface area contributed by atoms with Crippen molar-refractivity contribution in [2.75, 3.05) is 14.1 Å². The first-order valence-corrected chi connectivity index (χ1v) is 6.01. The SMILES string of the molecule is CCC(C)(C(O)c1cc(F)ccc1Cl)N(C)C. The second kappa shape index (κ2) is 5.34. The van der Waals surface area contributed by atoms with Gasteiger partial charge in [-0.25, -0.2) is 4.39 Å². The van der Waals surface area contributed by atoms with Crippen molar-refractivity contribution in [3.63, 3.8) is 0 Å². The van der Waals surface area contributed by atoms with Gasteiger partial charge in [-0.1, -0.05) is 18.5 Å². The highest BCUT2D eigenvalue weighted by Crippen LogP contribution is 2.36. The maximum atomic E-state index is 13.2. The molecule has 0 fully saturated rings. The van der Waals surface area contributed by atoms with E-state index >= 15 is 0 Å². The average Bonchev–Trinajstić information content (AvgIpc) is 2.30. The Bertz CT molecular complexity index is 397. The number of halogens is 2. The fraction of sp³-hybridized carbons (Fsp3) is 0.538. The maximum Gasteiger partial charge on any atom is 0.123 e. The Labute approximate surface area is 107 Å². The van der Waals surface area contributed by atoms with Gasteiger partial charge < -0.3 is 10.0 Å². The summed E-state index contributed by atoms with van der Waals surface area (Å²) in [5, 5.41) is 10.8. The van der Waals surface area contributed by atoms with Gasteiger partial charge >= 0.3 is 0 Å². The van der Waals surface area contributed by atoms with E-state index in [2.05, 4.69) is 0 Å². The second-order valence-corrected chi connectivity index (χ2v) is 5.08. The molecule has 0 saturated carbocycles. The maximum absolute atomic E-state index is 13.2. The molecule has 2 nitrogen and oxygen atoms in total. The first-order chi connectivity index (χ1) is 7.82. The Balaban J connectivity index is 3.18. The largest absolute Gasteiger partial charge is 0.386 e. The molecule has 4 heteroatoms. The molecule has 0 aliphatic carbocycles. The van der Waals surface area contributed by atoms with Gasteiger partial charge in [0.15, 0.2) is 0 Å². The van der Waals surface area contributed by atoms with Crippen LogP contribution in [0.4, 0.5) is 4.39 Å². The van der Waals surface area contributed by atoms with E-state index in [1.807, 2.05) is 32.8 Å². The first kappa shape index (κ1) is 14.4. The Morgan fingerprint density at radius 2 is 2.06 bits per heavy atom. The summed E-state index contributed by atoms with van der Waals surface area (Å²) in [7, 11) is 3.78. The standard InChI is InChI=1S/C13H19ClFNO/c1-5-13(2,16(3)4)12(17)10-8-9(15)6-7-11(10)14/h6-8,12,17H,5H2,1-4H3. The number of hydrogen-bond donors (Lipinski definition) is 1. The van der Waals surface area contributed by atoms with Crippen molar-refractivity contribution in [1.82, 2.24) is 4.90 Å². The molecule has 0 aromatic heterocycles. The third-order valence-corrected chi connectivity index (χ3v) is 3.92. The zero-order chi connectivity index (χ0) is 13.2. The number of hydrogen-bond acceptors (Lipinski definition) is 2. The van der Waals surface area contributed by atoms with Crippen LogP contribution in [-0.4, -0.2) is 29.6 Å². The Morgan fingerprint density at radius 3 is 2.53 bits per heavy atom.